The molecule has 0 saturated heterocycles. The lowest BCUT2D eigenvalue weighted by atomic mass is 9.78. The number of oxime groups is 1. The standard InChI is InChI=1S/C26H25NO2/c1-18(28)29-27-17-26(2,3)16-25(23-14-12-19-8-4-6-10-21(19)23)24-15-13-20-9-5-7-11-22(20)24/h4-17,23-24H,1-3H3/b25-16?,27-17+. The lowest BCUT2D eigenvalue weighted by molar-refractivity contribution is -0.140. The zero-order valence-corrected chi connectivity index (χ0v) is 17.0. The number of fused-ring (bicyclic) bond motifs is 2. The third kappa shape index (κ3) is 4.00. The van der Waals surface area contributed by atoms with Crippen molar-refractivity contribution < 1.29 is 9.63 Å². The highest BCUT2D eigenvalue weighted by Crippen LogP contribution is 2.46. The third-order valence-corrected chi connectivity index (χ3v) is 5.42. The van der Waals surface area contributed by atoms with E-state index in [9.17, 15) is 4.79 Å². The van der Waals surface area contributed by atoms with Crippen LogP contribution in [0.3, 0.4) is 0 Å². The van der Waals surface area contributed by atoms with Crippen LogP contribution in [-0.4, -0.2) is 12.2 Å². The van der Waals surface area contributed by atoms with Gasteiger partial charge in [-0.25, -0.2) is 4.79 Å². The number of hydrogen-bond acceptors (Lipinski definition) is 3. The summed E-state index contributed by atoms with van der Waals surface area (Å²) in [5.74, 6) is -0.0108. The third-order valence-electron chi connectivity index (χ3n) is 5.42. The van der Waals surface area contributed by atoms with Crippen molar-refractivity contribution in [2.45, 2.75) is 32.6 Å². The first kappa shape index (κ1) is 19.1. The maximum absolute atomic E-state index is 11.1. The normalized spacial score (nSPS) is 19.3. The Balaban J connectivity index is 1.77. The molecule has 4 rings (SSSR count). The Morgan fingerprint density at radius 1 is 0.931 bits per heavy atom. The average Bonchev–Trinajstić information content (AvgIpc) is 3.30. The van der Waals surface area contributed by atoms with Gasteiger partial charge in [0.15, 0.2) is 0 Å². The number of carbonyl (C=O) groups is 1. The molecule has 3 heteroatoms. The Morgan fingerprint density at radius 3 is 1.97 bits per heavy atom. The van der Waals surface area contributed by atoms with Gasteiger partial charge in [-0.1, -0.05) is 103 Å². The van der Waals surface area contributed by atoms with Crippen molar-refractivity contribution in [2.75, 3.05) is 0 Å². The van der Waals surface area contributed by atoms with Gasteiger partial charge in [0, 0.05) is 24.2 Å². The van der Waals surface area contributed by atoms with Crippen LogP contribution in [0.2, 0.25) is 0 Å². The molecule has 0 radical (unpaired) electrons. The number of nitrogens with zero attached hydrogens (tertiary/aromatic N) is 1. The largest absolute Gasteiger partial charge is 0.331 e. The van der Waals surface area contributed by atoms with Crippen LogP contribution in [0.15, 0.2) is 77.5 Å². The highest BCUT2D eigenvalue weighted by molar-refractivity contribution is 5.73. The SMILES string of the molecule is CC(=O)O/N=C/C(C)(C)C=C(C1C=Cc2ccccc21)C1C=Cc2ccccc21. The summed E-state index contributed by atoms with van der Waals surface area (Å²) in [6.45, 7) is 5.51. The molecular formula is C26H25NO2. The van der Waals surface area contributed by atoms with E-state index in [2.05, 4.69) is 97.9 Å². The van der Waals surface area contributed by atoms with E-state index in [4.69, 9.17) is 4.84 Å². The fourth-order valence-electron chi connectivity index (χ4n) is 4.16. The van der Waals surface area contributed by atoms with Crippen LogP contribution in [0.25, 0.3) is 12.2 Å². The molecule has 0 saturated carbocycles. The van der Waals surface area contributed by atoms with Gasteiger partial charge in [0.1, 0.15) is 0 Å². The average molecular weight is 383 g/mol. The van der Waals surface area contributed by atoms with E-state index in [-0.39, 0.29) is 17.3 Å². The Hall–Kier alpha value is -3.20. The van der Waals surface area contributed by atoms with Crippen molar-refractivity contribution in [2.24, 2.45) is 10.6 Å². The van der Waals surface area contributed by atoms with Gasteiger partial charge < -0.3 is 4.84 Å². The molecule has 2 unspecified atom stereocenters. The number of hydrogen-bond donors (Lipinski definition) is 0. The first-order valence-corrected chi connectivity index (χ1v) is 9.94. The Kier molecular flexibility index (Phi) is 5.06. The zero-order chi connectivity index (χ0) is 20.4. The predicted octanol–water partition coefficient (Wildman–Crippen LogP) is 6.11. The molecule has 0 amide bonds. The Labute approximate surface area is 172 Å². The smallest absolute Gasteiger partial charge is 0.319 e. The lowest BCUT2D eigenvalue weighted by Crippen LogP contribution is -2.15. The van der Waals surface area contributed by atoms with Crippen molar-refractivity contribution in [3.05, 3.63) is 94.6 Å². The van der Waals surface area contributed by atoms with Gasteiger partial charge in [-0.2, -0.15) is 0 Å². The van der Waals surface area contributed by atoms with Gasteiger partial charge in [0.25, 0.3) is 0 Å². The minimum atomic E-state index is -0.415. The molecule has 0 aliphatic heterocycles. The van der Waals surface area contributed by atoms with E-state index >= 15 is 0 Å². The van der Waals surface area contributed by atoms with E-state index in [1.165, 1.54) is 34.8 Å². The molecule has 0 bridgehead atoms. The summed E-state index contributed by atoms with van der Waals surface area (Å²) in [7, 11) is 0. The molecule has 3 nitrogen and oxygen atoms in total. The molecular weight excluding hydrogens is 358 g/mol. The molecule has 2 aromatic rings. The lowest BCUT2D eigenvalue weighted by Gasteiger charge is -2.26. The summed E-state index contributed by atoms with van der Waals surface area (Å²) < 4.78 is 0. The van der Waals surface area contributed by atoms with Crippen LogP contribution in [0, 0.1) is 5.41 Å². The maximum atomic E-state index is 11.1. The molecule has 0 aromatic heterocycles. The molecule has 0 heterocycles. The van der Waals surface area contributed by atoms with Crippen molar-refractivity contribution in [1.82, 2.24) is 0 Å². The summed E-state index contributed by atoms with van der Waals surface area (Å²) in [5.41, 5.74) is 6.12. The van der Waals surface area contributed by atoms with Crippen LogP contribution < -0.4 is 0 Å². The Bertz CT molecular complexity index is 992. The summed E-state index contributed by atoms with van der Waals surface area (Å²) >= 11 is 0. The number of rotatable bonds is 5. The molecule has 2 atom stereocenters. The number of carbonyl (C=O) groups excluding carboxylic acids is 1. The molecule has 2 aromatic carbocycles. The van der Waals surface area contributed by atoms with Gasteiger partial charge >= 0.3 is 5.97 Å². The Morgan fingerprint density at radius 2 is 1.45 bits per heavy atom. The summed E-state index contributed by atoms with van der Waals surface area (Å²) in [6.07, 6.45) is 12.9. The van der Waals surface area contributed by atoms with Crippen molar-refractivity contribution in [1.29, 1.82) is 0 Å². The van der Waals surface area contributed by atoms with E-state index in [1.54, 1.807) is 6.21 Å². The fourth-order valence-corrected chi connectivity index (χ4v) is 4.16. The van der Waals surface area contributed by atoms with Crippen LogP contribution >= 0.6 is 0 Å². The zero-order valence-electron chi connectivity index (χ0n) is 17.0. The first-order chi connectivity index (χ1) is 13.9. The predicted molar refractivity (Wildman–Crippen MR) is 119 cm³/mol. The maximum Gasteiger partial charge on any atom is 0.331 e. The van der Waals surface area contributed by atoms with Gasteiger partial charge in [0.05, 0.1) is 6.21 Å². The van der Waals surface area contributed by atoms with E-state index in [0.29, 0.717) is 0 Å². The van der Waals surface area contributed by atoms with Crippen LogP contribution in [0.5, 0.6) is 0 Å². The fraction of sp³-hybridized carbons (Fsp3) is 0.231. The van der Waals surface area contributed by atoms with Crippen LogP contribution in [0.4, 0.5) is 0 Å². The molecule has 0 N–H and O–H groups in total. The minimum absolute atomic E-state index is 0.202. The molecule has 2 aliphatic carbocycles. The quantitative estimate of drug-likeness (QED) is 0.270. The van der Waals surface area contributed by atoms with Crippen LogP contribution in [0.1, 0.15) is 54.9 Å². The second-order valence-electron chi connectivity index (χ2n) is 8.21. The van der Waals surface area contributed by atoms with Crippen molar-refractivity contribution >= 4 is 24.3 Å². The summed E-state index contributed by atoms with van der Waals surface area (Å²) in [5, 5.41) is 3.88. The second-order valence-corrected chi connectivity index (χ2v) is 8.21. The van der Waals surface area contributed by atoms with Crippen molar-refractivity contribution in [3.8, 4) is 0 Å². The van der Waals surface area contributed by atoms with E-state index in [0.717, 1.165) is 0 Å². The van der Waals surface area contributed by atoms with E-state index < -0.39 is 5.97 Å². The second kappa shape index (κ2) is 7.67. The molecule has 0 spiro atoms. The number of allylic oxidation sites excluding steroid dienone is 4. The van der Waals surface area contributed by atoms with Crippen LogP contribution in [-0.2, 0) is 9.63 Å². The minimum Gasteiger partial charge on any atom is -0.319 e. The highest BCUT2D eigenvalue weighted by Gasteiger charge is 2.31. The van der Waals surface area contributed by atoms with Crippen molar-refractivity contribution in [3.63, 3.8) is 0 Å². The molecule has 2 aliphatic rings. The highest BCUT2D eigenvalue weighted by atomic mass is 16.7. The van der Waals surface area contributed by atoms with E-state index in [1.807, 2.05) is 0 Å². The topological polar surface area (TPSA) is 38.7 Å². The summed E-state index contributed by atoms with van der Waals surface area (Å²) in [4.78, 5) is 15.9. The van der Waals surface area contributed by atoms with Gasteiger partial charge in [-0.3, -0.25) is 0 Å². The number of benzene rings is 2. The van der Waals surface area contributed by atoms with Gasteiger partial charge in [-0.15, -0.1) is 0 Å². The molecule has 29 heavy (non-hydrogen) atoms. The monoisotopic (exact) mass is 383 g/mol. The summed E-state index contributed by atoms with van der Waals surface area (Å²) in [6, 6.07) is 17.1. The van der Waals surface area contributed by atoms with Gasteiger partial charge in [-0.05, 0) is 22.3 Å². The molecule has 146 valence electrons. The van der Waals surface area contributed by atoms with Gasteiger partial charge in [0.2, 0.25) is 0 Å². The first-order valence-electron chi connectivity index (χ1n) is 9.94. The molecule has 0 fully saturated rings.